The van der Waals surface area contributed by atoms with Gasteiger partial charge in [-0.3, -0.25) is 9.59 Å². The summed E-state index contributed by atoms with van der Waals surface area (Å²) < 4.78 is 25.4. The molecule has 0 aliphatic rings. The Morgan fingerprint density at radius 3 is 2.68 bits per heavy atom. The zero-order valence-electron chi connectivity index (χ0n) is 17.9. The third-order valence-electron chi connectivity index (χ3n) is 4.64. The molecule has 2 heterocycles. The molecule has 12 heteroatoms. The number of amides is 2. The summed E-state index contributed by atoms with van der Waals surface area (Å²) in [6.07, 6.45) is 1.29. The highest BCUT2D eigenvalue weighted by molar-refractivity contribution is 7.12. The van der Waals surface area contributed by atoms with Crippen molar-refractivity contribution in [2.24, 2.45) is 0 Å². The van der Waals surface area contributed by atoms with E-state index in [0.717, 1.165) is 11.3 Å². The van der Waals surface area contributed by atoms with Gasteiger partial charge in [0.25, 0.3) is 11.8 Å². The first-order chi connectivity index (χ1) is 16.5. The summed E-state index contributed by atoms with van der Waals surface area (Å²) in [5, 5.41) is 12.4. The van der Waals surface area contributed by atoms with Crippen LogP contribution in [0, 0.1) is 5.82 Å². The molecule has 0 bridgehead atoms. The van der Waals surface area contributed by atoms with Crippen LogP contribution in [0.5, 0.6) is 17.4 Å². The van der Waals surface area contributed by atoms with E-state index in [1.54, 1.807) is 43.5 Å². The van der Waals surface area contributed by atoms with Gasteiger partial charge in [0.2, 0.25) is 11.7 Å². The van der Waals surface area contributed by atoms with Crippen LogP contribution in [0.2, 0.25) is 0 Å². The minimum Gasteiger partial charge on any atom is -0.497 e. The van der Waals surface area contributed by atoms with Gasteiger partial charge in [-0.15, -0.1) is 21.5 Å². The lowest BCUT2D eigenvalue weighted by Gasteiger charge is -2.09. The number of carbonyl (C=O) groups excluding carboxylic acids is 2. The lowest BCUT2D eigenvalue weighted by molar-refractivity contribution is 0.0936. The van der Waals surface area contributed by atoms with Crippen LogP contribution in [-0.4, -0.2) is 39.1 Å². The Morgan fingerprint density at radius 2 is 1.91 bits per heavy atom. The largest absolute Gasteiger partial charge is 0.497 e. The summed E-state index contributed by atoms with van der Waals surface area (Å²) >= 11 is 1.11. The van der Waals surface area contributed by atoms with Crippen LogP contribution in [0.3, 0.4) is 0 Å². The Kier molecular flexibility index (Phi) is 7.08. The SMILES string of the molecule is COc1cccc(Oc2ncsc2C(=O)NCc2ccc(CNC(=O)c3nnc[nH]3)cc2F)c1. The molecule has 0 saturated heterocycles. The Labute approximate surface area is 197 Å². The molecule has 0 fully saturated rings. The molecule has 0 spiro atoms. The smallest absolute Gasteiger partial charge is 0.289 e. The Hall–Kier alpha value is -4.32. The average molecular weight is 482 g/mol. The van der Waals surface area contributed by atoms with Crippen LogP contribution >= 0.6 is 11.3 Å². The maximum Gasteiger partial charge on any atom is 0.289 e. The van der Waals surface area contributed by atoms with E-state index in [1.165, 1.54) is 17.9 Å². The molecule has 0 aliphatic heterocycles. The topological polar surface area (TPSA) is 131 Å². The quantitative estimate of drug-likeness (QED) is 0.334. The number of hydrogen-bond donors (Lipinski definition) is 3. The predicted octanol–water partition coefficient (Wildman–Crippen LogP) is 3.06. The third-order valence-corrected chi connectivity index (χ3v) is 5.45. The maximum absolute atomic E-state index is 14.5. The van der Waals surface area contributed by atoms with Gasteiger partial charge in [-0.25, -0.2) is 9.37 Å². The van der Waals surface area contributed by atoms with Crippen molar-refractivity contribution in [3.05, 3.63) is 81.9 Å². The van der Waals surface area contributed by atoms with Crippen molar-refractivity contribution in [1.29, 1.82) is 0 Å². The van der Waals surface area contributed by atoms with Gasteiger partial charge < -0.3 is 25.1 Å². The minimum atomic E-state index is -0.510. The van der Waals surface area contributed by atoms with Crippen LogP contribution in [0.25, 0.3) is 0 Å². The lowest BCUT2D eigenvalue weighted by Crippen LogP contribution is -2.24. The fraction of sp³-hybridized carbons (Fsp3) is 0.136. The van der Waals surface area contributed by atoms with Crippen molar-refractivity contribution in [1.82, 2.24) is 30.8 Å². The normalized spacial score (nSPS) is 10.5. The first-order valence-electron chi connectivity index (χ1n) is 9.98. The molecule has 10 nitrogen and oxygen atoms in total. The number of carbonyl (C=O) groups is 2. The predicted molar refractivity (Wildman–Crippen MR) is 120 cm³/mol. The number of aromatic amines is 1. The van der Waals surface area contributed by atoms with Crippen molar-refractivity contribution in [2.75, 3.05) is 7.11 Å². The summed E-state index contributed by atoms with van der Waals surface area (Å²) in [5.41, 5.74) is 2.34. The second-order valence-corrected chi connectivity index (χ2v) is 7.75. The zero-order valence-corrected chi connectivity index (χ0v) is 18.7. The molecule has 3 N–H and O–H groups in total. The van der Waals surface area contributed by atoms with Crippen molar-refractivity contribution in [3.8, 4) is 17.4 Å². The van der Waals surface area contributed by atoms with E-state index < -0.39 is 17.6 Å². The fourth-order valence-electron chi connectivity index (χ4n) is 2.92. The van der Waals surface area contributed by atoms with E-state index in [9.17, 15) is 14.0 Å². The molecule has 0 atom stereocenters. The molecule has 0 unspecified atom stereocenters. The molecule has 4 aromatic rings. The number of benzene rings is 2. The number of nitrogens with one attached hydrogen (secondary N) is 3. The van der Waals surface area contributed by atoms with Gasteiger partial charge in [-0.05, 0) is 23.8 Å². The highest BCUT2D eigenvalue weighted by Crippen LogP contribution is 2.29. The number of methoxy groups -OCH3 is 1. The van der Waals surface area contributed by atoms with Gasteiger partial charge >= 0.3 is 0 Å². The van der Waals surface area contributed by atoms with E-state index in [0.29, 0.717) is 22.6 Å². The van der Waals surface area contributed by atoms with Gasteiger partial charge in [0.05, 0.1) is 12.6 Å². The lowest BCUT2D eigenvalue weighted by atomic mass is 10.1. The van der Waals surface area contributed by atoms with Crippen LogP contribution in [0.15, 0.2) is 54.3 Å². The monoisotopic (exact) mass is 482 g/mol. The molecular formula is C22H19FN6O4S. The first kappa shape index (κ1) is 22.9. The molecule has 2 aromatic heterocycles. The number of hydrogen-bond acceptors (Lipinski definition) is 8. The molecule has 2 aromatic carbocycles. The summed E-state index contributed by atoms with van der Waals surface area (Å²) in [7, 11) is 1.54. The highest BCUT2D eigenvalue weighted by atomic mass is 32.1. The van der Waals surface area contributed by atoms with E-state index in [4.69, 9.17) is 9.47 Å². The Bertz CT molecular complexity index is 1290. The summed E-state index contributed by atoms with van der Waals surface area (Å²) in [6, 6.07) is 11.4. The van der Waals surface area contributed by atoms with Crippen molar-refractivity contribution in [2.45, 2.75) is 13.1 Å². The highest BCUT2D eigenvalue weighted by Gasteiger charge is 2.18. The standard InChI is InChI=1S/C22H19FN6O4S/c1-32-15-3-2-4-16(8-15)33-22-18(34-12-27-22)20(30)25-10-14-6-5-13(7-17(14)23)9-24-21(31)19-26-11-28-29-19/h2-8,11-12H,9-10H2,1H3,(H,24,31)(H,25,30)(H,26,28,29). The van der Waals surface area contributed by atoms with Crippen molar-refractivity contribution < 1.29 is 23.5 Å². The van der Waals surface area contributed by atoms with Gasteiger partial charge in [0.15, 0.2) is 4.88 Å². The number of H-pyrrole nitrogens is 1. The molecule has 2 amide bonds. The van der Waals surface area contributed by atoms with Crippen molar-refractivity contribution >= 4 is 23.2 Å². The van der Waals surface area contributed by atoms with Crippen LogP contribution in [0.1, 0.15) is 31.4 Å². The van der Waals surface area contributed by atoms with Gasteiger partial charge in [0.1, 0.15) is 23.6 Å². The zero-order chi connectivity index (χ0) is 23.9. The maximum atomic E-state index is 14.5. The summed E-state index contributed by atoms with van der Waals surface area (Å²) in [5.74, 6) is -0.115. The molecule has 34 heavy (non-hydrogen) atoms. The number of rotatable bonds is 9. The second kappa shape index (κ2) is 10.5. The molecular weight excluding hydrogens is 463 g/mol. The number of ether oxygens (including phenoxy) is 2. The Morgan fingerprint density at radius 1 is 1.09 bits per heavy atom. The first-order valence-corrected chi connectivity index (χ1v) is 10.9. The second-order valence-electron chi connectivity index (χ2n) is 6.90. The van der Waals surface area contributed by atoms with Crippen LogP contribution in [-0.2, 0) is 13.1 Å². The fourth-order valence-corrected chi connectivity index (χ4v) is 3.55. The third kappa shape index (κ3) is 5.53. The van der Waals surface area contributed by atoms with Crippen LogP contribution < -0.4 is 20.1 Å². The number of halogens is 1. The van der Waals surface area contributed by atoms with E-state index in [-0.39, 0.29) is 29.7 Å². The minimum absolute atomic E-state index is 0.0358. The number of thiazole rings is 1. The van der Waals surface area contributed by atoms with Crippen LogP contribution in [0.4, 0.5) is 4.39 Å². The molecule has 4 rings (SSSR count). The van der Waals surface area contributed by atoms with Gasteiger partial charge in [0, 0.05) is 24.7 Å². The van der Waals surface area contributed by atoms with Crippen molar-refractivity contribution in [3.63, 3.8) is 0 Å². The van der Waals surface area contributed by atoms with Gasteiger partial charge in [-0.2, -0.15) is 0 Å². The molecule has 174 valence electrons. The van der Waals surface area contributed by atoms with E-state index >= 15 is 0 Å². The molecule has 0 aliphatic carbocycles. The number of aromatic nitrogens is 4. The molecule has 0 radical (unpaired) electrons. The van der Waals surface area contributed by atoms with E-state index in [2.05, 4.69) is 30.8 Å². The summed E-state index contributed by atoms with van der Waals surface area (Å²) in [4.78, 5) is 31.5. The summed E-state index contributed by atoms with van der Waals surface area (Å²) in [6.45, 7) is 0.0702. The van der Waals surface area contributed by atoms with Gasteiger partial charge in [-0.1, -0.05) is 18.2 Å². The number of nitrogens with zero attached hydrogens (tertiary/aromatic N) is 3. The average Bonchev–Trinajstić information content (AvgIpc) is 3.54. The molecule has 0 saturated carbocycles. The van der Waals surface area contributed by atoms with E-state index in [1.807, 2.05) is 0 Å². The Balaban J connectivity index is 1.34.